The maximum atomic E-state index is 11.9. The van der Waals surface area contributed by atoms with Crippen molar-refractivity contribution in [1.82, 2.24) is 10.2 Å². The Morgan fingerprint density at radius 2 is 2.10 bits per heavy atom. The second-order valence-corrected chi connectivity index (χ2v) is 3.99. The zero-order valence-corrected chi connectivity index (χ0v) is 10.6. The Kier molecular flexibility index (Phi) is 3.69. The standard InChI is InChI=1S/C13H12N2O5/c1-20-10-5-3-2-4-8(10)6-9-12(18)15(7-11(16)17)13(19)14-9/h2-6H,7H2,1H3,(H,14,19)(H,16,17)/p-1/b9-6+. The lowest BCUT2D eigenvalue weighted by Gasteiger charge is -2.11. The number of rotatable bonds is 4. The molecule has 0 saturated carbocycles. The molecule has 104 valence electrons. The third kappa shape index (κ3) is 2.61. The van der Waals surface area contributed by atoms with Crippen LogP contribution in [-0.2, 0) is 9.59 Å². The van der Waals surface area contributed by atoms with Gasteiger partial charge in [0, 0.05) is 5.56 Å². The van der Waals surface area contributed by atoms with Crippen molar-refractivity contribution in [2.24, 2.45) is 0 Å². The van der Waals surface area contributed by atoms with Crippen molar-refractivity contribution in [3.63, 3.8) is 0 Å². The number of benzene rings is 1. The largest absolute Gasteiger partial charge is 0.548 e. The van der Waals surface area contributed by atoms with Crippen LogP contribution in [0, 0.1) is 0 Å². The van der Waals surface area contributed by atoms with E-state index in [2.05, 4.69) is 5.32 Å². The number of urea groups is 1. The number of hydrogen-bond acceptors (Lipinski definition) is 5. The van der Waals surface area contributed by atoms with E-state index in [0.29, 0.717) is 16.2 Å². The van der Waals surface area contributed by atoms with Crippen molar-refractivity contribution in [3.05, 3.63) is 35.5 Å². The molecule has 1 aromatic carbocycles. The summed E-state index contributed by atoms with van der Waals surface area (Å²) in [6.45, 7) is -0.784. The first kappa shape index (κ1) is 13.6. The van der Waals surface area contributed by atoms with E-state index in [4.69, 9.17) is 4.74 Å². The molecule has 0 bridgehead atoms. The minimum Gasteiger partial charge on any atom is -0.548 e. The molecular formula is C13H11N2O5-. The zero-order valence-electron chi connectivity index (χ0n) is 10.6. The van der Waals surface area contributed by atoms with Crippen LogP contribution in [0.5, 0.6) is 5.75 Å². The fourth-order valence-corrected chi connectivity index (χ4v) is 1.79. The van der Waals surface area contributed by atoms with E-state index < -0.39 is 24.5 Å². The first-order valence-electron chi connectivity index (χ1n) is 5.70. The second-order valence-electron chi connectivity index (χ2n) is 3.99. The summed E-state index contributed by atoms with van der Waals surface area (Å²) in [5.74, 6) is -1.70. The van der Waals surface area contributed by atoms with Gasteiger partial charge in [-0.15, -0.1) is 0 Å². The van der Waals surface area contributed by atoms with Crippen LogP contribution in [0.3, 0.4) is 0 Å². The van der Waals surface area contributed by atoms with Gasteiger partial charge in [-0.1, -0.05) is 18.2 Å². The van der Waals surface area contributed by atoms with Crippen molar-refractivity contribution in [2.45, 2.75) is 0 Å². The Labute approximate surface area is 114 Å². The van der Waals surface area contributed by atoms with Crippen LogP contribution in [0.15, 0.2) is 30.0 Å². The number of carbonyl (C=O) groups excluding carboxylic acids is 3. The number of aliphatic carboxylic acids is 1. The molecule has 0 spiro atoms. The number of imide groups is 1. The highest BCUT2D eigenvalue weighted by Crippen LogP contribution is 2.21. The van der Waals surface area contributed by atoms with Crippen LogP contribution in [0.1, 0.15) is 5.56 Å². The van der Waals surface area contributed by atoms with E-state index in [1.807, 2.05) is 0 Å². The van der Waals surface area contributed by atoms with Crippen molar-refractivity contribution in [3.8, 4) is 5.75 Å². The summed E-state index contributed by atoms with van der Waals surface area (Å²) in [7, 11) is 1.48. The highest BCUT2D eigenvalue weighted by Gasteiger charge is 2.33. The van der Waals surface area contributed by atoms with Gasteiger partial charge in [-0.3, -0.25) is 9.69 Å². The molecule has 2 rings (SSSR count). The summed E-state index contributed by atoms with van der Waals surface area (Å²) < 4.78 is 5.12. The summed E-state index contributed by atoms with van der Waals surface area (Å²) in [6, 6.07) is 6.12. The minimum atomic E-state index is -1.51. The van der Waals surface area contributed by atoms with Gasteiger partial charge in [0.15, 0.2) is 0 Å². The molecule has 20 heavy (non-hydrogen) atoms. The van der Waals surface area contributed by atoms with E-state index in [9.17, 15) is 19.5 Å². The lowest BCUT2D eigenvalue weighted by molar-refractivity contribution is -0.305. The molecule has 0 unspecified atom stereocenters. The molecule has 0 aromatic heterocycles. The number of amides is 3. The average molecular weight is 275 g/mol. The highest BCUT2D eigenvalue weighted by molar-refractivity contribution is 6.15. The Morgan fingerprint density at radius 1 is 1.40 bits per heavy atom. The maximum Gasteiger partial charge on any atom is 0.329 e. The molecule has 1 aliphatic rings. The molecule has 1 saturated heterocycles. The van der Waals surface area contributed by atoms with Crippen LogP contribution in [0.2, 0.25) is 0 Å². The first-order chi connectivity index (χ1) is 9.52. The number of nitrogens with zero attached hydrogens (tertiary/aromatic N) is 1. The normalized spacial score (nSPS) is 16.4. The van der Waals surface area contributed by atoms with Crippen molar-refractivity contribution >= 4 is 24.0 Å². The third-order valence-corrected chi connectivity index (χ3v) is 2.69. The van der Waals surface area contributed by atoms with E-state index in [1.54, 1.807) is 24.3 Å². The Balaban J connectivity index is 2.30. The summed E-state index contributed by atoms with van der Waals surface area (Å²) >= 11 is 0. The van der Waals surface area contributed by atoms with Gasteiger partial charge in [0.2, 0.25) is 0 Å². The number of methoxy groups -OCH3 is 1. The quantitative estimate of drug-likeness (QED) is 0.581. The van der Waals surface area contributed by atoms with Crippen LogP contribution < -0.4 is 15.2 Å². The van der Waals surface area contributed by atoms with Gasteiger partial charge in [0.1, 0.15) is 11.4 Å². The number of carboxylic acids is 1. The van der Waals surface area contributed by atoms with Crippen LogP contribution in [0.25, 0.3) is 6.08 Å². The summed E-state index contributed by atoms with van der Waals surface area (Å²) in [6.07, 6.45) is 1.42. The van der Waals surface area contributed by atoms with Gasteiger partial charge >= 0.3 is 6.03 Å². The van der Waals surface area contributed by atoms with Gasteiger partial charge in [0.05, 0.1) is 19.6 Å². The average Bonchev–Trinajstić information content (AvgIpc) is 2.67. The predicted octanol–water partition coefficient (Wildman–Crippen LogP) is -0.662. The molecule has 0 radical (unpaired) electrons. The van der Waals surface area contributed by atoms with E-state index in [-0.39, 0.29) is 5.70 Å². The molecule has 1 fully saturated rings. The van der Waals surface area contributed by atoms with E-state index in [1.165, 1.54) is 13.2 Å². The number of carbonyl (C=O) groups is 3. The fraction of sp³-hybridized carbons (Fsp3) is 0.154. The molecule has 7 nitrogen and oxygen atoms in total. The monoisotopic (exact) mass is 275 g/mol. The van der Waals surface area contributed by atoms with Gasteiger partial charge in [0.25, 0.3) is 5.91 Å². The summed E-state index contributed by atoms with van der Waals surface area (Å²) in [4.78, 5) is 34.5. The highest BCUT2D eigenvalue weighted by atomic mass is 16.5. The topological polar surface area (TPSA) is 98.8 Å². The number of ether oxygens (including phenoxy) is 1. The number of carboxylic acid groups (broad SMARTS) is 1. The predicted molar refractivity (Wildman–Crippen MR) is 66.2 cm³/mol. The van der Waals surface area contributed by atoms with Crippen molar-refractivity contribution < 1.29 is 24.2 Å². The Morgan fingerprint density at radius 3 is 2.75 bits per heavy atom. The van der Waals surface area contributed by atoms with Gasteiger partial charge in [-0.2, -0.15) is 0 Å². The number of hydrogen-bond donors (Lipinski definition) is 1. The molecule has 1 heterocycles. The van der Waals surface area contributed by atoms with Crippen LogP contribution >= 0.6 is 0 Å². The molecule has 1 aromatic rings. The minimum absolute atomic E-state index is 0.0132. The number of nitrogens with one attached hydrogen (secondary N) is 1. The van der Waals surface area contributed by atoms with Gasteiger partial charge < -0.3 is 20.0 Å². The van der Waals surface area contributed by atoms with E-state index in [0.717, 1.165) is 0 Å². The smallest absolute Gasteiger partial charge is 0.329 e. The lowest BCUT2D eigenvalue weighted by atomic mass is 10.1. The van der Waals surface area contributed by atoms with Gasteiger partial charge in [-0.05, 0) is 12.1 Å². The maximum absolute atomic E-state index is 11.9. The van der Waals surface area contributed by atoms with Gasteiger partial charge in [-0.25, -0.2) is 4.79 Å². The Hall–Kier alpha value is -2.83. The molecule has 1 aliphatic heterocycles. The summed E-state index contributed by atoms with van der Waals surface area (Å²) in [5.41, 5.74) is 0.578. The molecule has 7 heteroatoms. The lowest BCUT2D eigenvalue weighted by Crippen LogP contribution is -2.41. The van der Waals surface area contributed by atoms with E-state index >= 15 is 0 Å². The Bertz CT molecular complexity index is 609. The fourth-order valence-electron chi connectivity index (χ4n) is 1.79. The van der Waals surface area contributed by atoms with Crippen LogP contribution in [0.4, 0.5) is 4.79 Å². The third-order valence-electron chi connectivity index (χ3n) is 2.69. The van der Waals surface area contributed by atoms with Crippen molar-refractivity contribution in [1.29, 1.82) is 0 Å². The van der Waals surface area contributed by atoms with Crippen molar-refractivity contribution in [2.75, 3.05) is 13.7 Å². The molecule has 3 amide bonds. The zero-order chi connectivity index (χ0) is 14.7. The SMILES string of the molecule is COc1ccccc1/C=C1/NC(=O)N(CC(=O)[O-])C1=O. The molecule has 0 aliphatic carbocycles. The summed E-state index contributed by atoms with van der Waals surface area (Å²) in [5, 5.41) is 12.8. The second kappa shape index (κ2) is 5.43. The molecular weight excluding hydrogens is 264 g/mol. The van der Waals surface area contributed by atoms with Crippen LogP contribution in [-0.4, -0.2) is 36.5 Å². The molecule has 1 N–H and O–H groups in total. The molecule has 0 atom stereocenters. The number of para-hydroxylation sites is 1. The first-order valence-corrected chi connectivity index (χ1v) is 5.70.